The number of Topliss-reactive ketones (excluding diaryl/α,β-unsaturated/α-hetero) is 1. The first kappa shape index (κ1) is 38.1. The van der Waals surface area contributed by atoms with Crippen LogP contribution in [0.5, 0.6) is 0 Å². The number of carboxylic acid groups (broad SMARTS) is 1. The third kappa shape index (κ3) is 6.53. The van der Waals surface area contributed by atoms with Crippen LogP contribution in [0.2, 0.25) is 0 Å². The first-order chi connectivity index (χ1) is 22.5. The van der Waals surface area contributed by atoms with Crippen LogP contribution in [0, 0.1) is 35.5 Å². The summed E-state index contributed by atoms with van der Waals surface area (Å²) in [5, 5.41) is 19.9. The topological polar surface area (TPSA) is 139 Å². The number of carboxylic acids is 1. The summed E-state index contributed by atoms with van der Waals surface area (Å²) in [4.78, 5) is 25.3. The zero-order valence-corrected chi connectivity index (χ0v) is 30.9. The molecule has 5 rings (SSSR count). The Hall–Kier alpha value is -1.18. The fourth-order valence-electron chi connectivity index (χ4n) is 10.0. The van der Waals surface area contributed by atoms with Gasteiger partial charge in [-0.15, -0.1) is 0 Å². The van der Waals surface area contributed by atoms with E-state index in [1.807, 2.05) is 13.8 Å². The van der Waals surface area contributed by atoms with Gasteiger partial charge in [0.05, 0.1) is 66.8 Å². The minimum Gasteiger partial charge on any atom is -0.481 e. The highest BCUT2D eigenvalue weighted by molar-refractivity contribution is 5.83. The number of methoxy groups -OCH3 is 2. The number of carbonyl (C=O) groups is 2. The van der Waals surface area contributed by atoms with Crippen LogP contribution in [0.15, 0.2) is 0 Å². The lowest BCUT2D eigenvalue weighted by Gasteiger charge is -2.48. The molecule has 5 aliphatic heterocycles. The third-order valence-electron chi connectivity index (χ3n) is 13.2. The fourth-order valence-corrected chi connectivity index (χ4v) is 10.0. The molecule has 5 aliphatic rings. The van der Waals surface area contributed by atoms with Crippen molar-refractivity contribution in [3.05, 3.63) is 0 Å². The van der Waals surface area contributed by atoms with E-state index >= 15 is 0 Å². The predicted molar refractivity (Wildman–Crippen MR) is 176 cm³/mol. The van der Waals surface area contributed by atoms with Crippen molar-refractivity contribution in [2.75, 3.05) is 20.8 Å². The van der Waals surface area contributed by atoms with E-state index in [1.54, 1.807) is 14.0 Å². The first-order valence-electron chi connectivity index (χ1n) is 18.4. The molecular weight excluding hydrogens is 620 g/mol. The monoisotopic (exact) mass is 682 g/mol. The van der Waals surface area contributed by atoms with Gasteiger partial charge in [0.1, 0.15) is 5.78 Å². The number of hydrogen-bond acceptors (Lipinski definition) is 10. The smallest absolute Gasteiger partial charge is 0.308 e. The van der Waals surface area contributed by atoms with E-state index < -0.39 is 52.8 Å². The maximum Gasteiger partial charge on any atom is 0.308 e. The van der Waals surface area contributed by atoms with Crippen LogP contribution in [-0.4, -0.2) is 102 Å². The molecule has 276 valence electrons. The maximum atomic E-state index is 13.5. The van der Waals surface area contributed by atoms with Gasteiger partial charge in [0.2, 0.25) is 0 Å². The summed E-state index contributed by atoms with van der Waals surface area (Å²) in [6, 6.07) is 0. The molecule has 48 heavy (non-hydrogen) atoms. The quantitative estimate of drug-likeness (QED) is 0.300. The molecule has 0 radical (unpaired) electrons. The zero-order chi connectivity index (χ0) is 35.4. The fraction of sp³-hybridized carbons (Fsp3) is 0.946. The molecule has 0 aromatic carbocycles. The van der Waals surface area contributed by atoms with Crippen LogP contribution >= 0.6 is 0 Å². The summed E-state index contributed by atoms with van der Waals surface area (Å²) in [6.07, 6.45) is 3.69. The van der Waals surface area contributed by atoms with Gasteiger partial charge >= 0.3 is 5.97 Å². The molecule has 16 atom stereocenters. The standard InChI is InChI=1S/C37H62O11/c1-11-35(32-21(3)17-27(44-32)29-20(2)16-22(4)37(19-38,43-10)47-29)13-12-28(45-35)34(8)14-15-36(48-34)18-26(39)23(5)31(46-36)24(6)30(42-9)25(7)33(40)41/h20-25,27-32,38H,11-19H2,1-10H3,(H,40,41)/t20-,21-,22+,23+,24-,25-,27+,28+,29-,30+,31-,32+,34+,35+,36+,37-/m0/s1. The van der Waals surface area contributed by atoms with Crippen LogP contribution in [0.3, 0.4) is 0 Å². The number of ether oxygens (including phenoxy) is 7. The van der Waals surface area contributed by atoms with E-state index in [2.05, 4.69) is 34.6 Å². The molecule has 0 bridgehead atoms. The van der Waals surface area contributed by atoms with Crippen LogP contribution in [-0.2, 0) is 42.7 Å². The lowest BCUT2D eigenvalue weighted by Crippen LogP contribution is -2.57. The van der Waals surface area contributed by atoms with Crippen molar-refractivity contribution in [3.8, 4) is 0 Å². The molecule has 0 aromatic rings. The lowest BCUT2D eigenvalue weighted by molar-refractivity contribution is -0.332. The number of carbonyl (C=O) groups excluding carboxylic acids is 1. The van der Waals surface area contributed by atoms with Gasteiger partial charge in [-0.25, -0.2) is 0 Å². The maximum absolute atomic E-state index is 13.5. The summed E-state index contributed by atoms with van der Waals surface area (Å²) >= 11 is 0. The molecule has 11 heteroatoms. The molecule has 5 fully saturated rings. The summed E-state index contributed by atoms with van der Waals surface area (Å²) in [6.45, 7) is 15.9. The van der Waals surface area contributed by atoms with Gasteiger partial charge in [0, 0.05) is 38.4 Å². The Kier molecular flexibility index (Phi) is 11.2. The normalized spacial score (nSPS) is 48.6. The predicted octanol–water partition coefficient (Wildman–Crippen LogP) is 5.14. The van der Waals surface area contributed by atoms with Crippen molar-refractivity contribution < 1.29 is 53.0 Å². The van der Waals surface area contributed by atoms with Gasteiger partial charge in [-0.2, -0.15) is 0 Å². The molecule has 5 heterocycles. The van der Waals surface area contributed by atoms with Crippen LogP contribution < -0.4 is 0 Å². The van der Waals surface area contributed by atoms with Gasteiger partial charge in [-0.1, -0.05) is 41.5 Å². The highest BCUT2D eigenvalue weighted by Gasteiger charge is 2.62. The Bertz CT molecular complexity index is 1160. The summed E-state index contributed by atoms with van der Waals surface area (Å²) < 4.78 is 45.6. The van der Waals surface area contributed by atoms with E-state index in [0.29, 0.717) is 12.8 Å². The minimum absolute atomic E-state index is 0.0573. The Morgan fingerprint density at radius 1 is 1.02 bits per heavy atom. The Balaban J connectivity index is 1.29. The molecule has 0 amide bonds. The summed E-state index contributed by atoms with van der Waals surface area (Å²) in [7, 11) is 3.11. The van der Waals surface area contributed by atoms with E-state index in [1.165, 1.54) is 7.11 Å². The van der Waals surface area contributed by atoms with E-state index in [-0.39, 0.29) is 66.9 Å². The van der Waals surface area contributed by atoms with Gasteiger partial charge in [0.15, 0.2) is 11.6 Å². The Morgan fingerprint density at radius 3 is 2.33 bits per heavy atom. The molecule has 11 nitrogen and oxygen atoms in total. The minimum atomic E-state index is -1.09. The average molecular weight is 683 g/mol. The second-order valence-electron chi connectivity index (χ2n) is 16.3. The van der Waals surface area contributed by atoms with Crippen molar-refractivity contribution in [1.29, 1.82) is 0 Å². The highest BCUT2D eigenvalue weighted by Crippen LogP contribution is 2.54. The van der Waals surface area contributed by atoms with Crippen molar-refractivity contribution in [2.45, 2.75) is 166 Å². The largest absolute Gasteiger partial charge is 0.481 e. The Morgan fingerprint density at radius 2 is 1.73 bits per heavy atom. The van der Waals surface area contributed by atoms with Crippen molar-refractivity contribution in [3.63, 3.8) is 0 Å². The summed E-state index contributed by atoms with van der Waals surface area (Å²) in [5.74, 6) is -3.96. The van der Waals surface area contributed by atoms with Crippen LogP contribution in [0.1, 0.15) is 107 Å². The molecule has 2 N–H and O–H groups in total. The number of aliphatic hydroxyl groups is 1. The van der Waals surface area contributed by atoms with Crippen molar-refractivity contribution in [2.24, 2.45) is 35.5 Å². The molecule has 0 unspecified atom stereocenters. The van der Waals surface area contributed by atoms with Crippen molar-refractivity contribution in [1.82, 2.24) is 0 Å². The number of ketones is 1. The SMILES string of the molecule is CC[C@]1([C@@H]2O[C@@H]([C@H]3O[C@](CO)(OC)[C@H](C)C[C@@H]3C)C[C@@H]2C)CC[C@H]([C@@]2(C)CC[C@]3(CC(=O)[C@@H](C)[C@@H]([C@@H](C)[C@@H](OC)[C@H](C)C(=O)O)O3)O2)O1. The number of rotatable bonds is 11. The molecule has 0 aromatic heterocycles. The third-order valence-corrected chi connectivity index (χ3v) is 13.2. The Labute approximate surface area is 287 Å². The average Bonchev–Trinajstić information content (AvgIpc) is 3.76. The van der Waals surface area contributed by atoms with Gasteiger partial charge < -0.3 is 43.4 Å². The highest BCUT2D eigenvalue weighted by atomic mass is 16.7. The first-order valence-corrected chi connectivity index (χ1v) is 18.4. The van der Waals surface area contributed by atoms with E-state index in [9.17, 15) is 19.8 Å². The van der Waals surface area contributed by atoms with E-state index in [4.69, 9.17) is 33.2 Å². The summed E-state index contributed by atoms with van der Waals surface area (Å²) in [5.41, 5.74) is -1.16. The molecule has 0 saturated carbocycles. The van der Waals surface area contributed by atoms with Crippen LogP contribution in [0.4, 0.5) is 0 Å². The number of hydrogen-bond donors (Lipinski definition) is 2. The molecule has 5 saturated heterocycles. The molecule has 1 spiro atoms. The van der Waals surface area contributed by atoms with Crippen LogP contribution in [0.25, 0.3) is 0 Å². The van der Waals surface area contributed by atoms with Gasteiger partial charge in [-0.3, -0.25) is 9.59 Å². The number of aliphatic carboxylic acids is 1. The molecular formula is C37H62O11. The van der Waals surface area contributed by atoms with Gasteiger partial charge in [-0.05, 0) is 64.2 Å². The second kappa shape index (κ2) is 14.1. The second-order valence-corrected chi connectivity index (χ2v) is 16.3. The van der Waals surface area contributed by atoms with Crippen molar-refractivity contribution >= 4 is 11.8 Å². The zero-order valence-electron chi connectivity index (χ0n) is 30.9. The van der Waals surface area contributed by atoms with Gasteiger partial charge in [0.25, 0.3) is 0 Å². The number of aliphatic hydroxyl groups excluding tert-OH is 1. The molecule has 0 aliphatic carbocycles. The van der Waals surface area contributed by atoms with E-state index in [0.717, 1.165) is 32.1 Å². The lowest BCUT2D eigenvalue weighted by atomic mass is 9.79.